The minimum Gasteiger partial charge on any atom is -0.507 e. The van der Waals surface area contributed by atoms with Crippen molar-refractivity contribution in [3.05, 3.63) is 70.7 Å². The number of aromatic nitrogens is 1. The van der Waals surface area contributed by atoms with Gasteiger partial charge in [0.1, 0.15) is 17.3 Å². The molecule has 1 atom stereocenters. The van der Waals surface area contributed by atoms with E-state index in [0.717, 1.165) is 34.6 Å². The van der Waals surface area contributed by atoms with Gasteiger partial charge in [0.15, 0.2) is 0 Å². The normalized spacial score (nSPS) is 18.0. The molecule has 3 aromatic rings. The number of ether oxygens (including phenoxy) is 1. The Bertz CT molecular complexity index is 1240. The Morgan fingerprint density at radius 3 is 2.69 bits per heavy atom. The van der Waals surface area contributed by atoms with E-state index >= 15 is 0 Å². The van der Waals surface area contributed by atoms with E-state index in [1.54, 1.807) is 0 Å². The maximum Gasteiger partial charge on any atom is 0.295 e. The predicted molar refractivity (Wildman–Crippen MR) is 120 cm³/mol. The first-order chi connectivity index (χ1) is 15.4. The molecule has 7 heteroatoms. The van der Waals surface area contributed by atoms with E-state index in [1.165, 1.54) is 24.1 Å². The summed E-state index contributed by atoms with van der Waals surface area (Å²) in [6.45, 7) is 4.24. The number of nitrogens with zero attached hydrogens (tertiary/aromatic N) is 1. The van der Waals surface area contributed by atoms with Crippen LogP contribution in [0.1, 0.15) is 42.6 Å². The average molecular weight is 436 g/mol. The van der Waals surface area contributed by atoms with E-state index in [2.05, 4.69) is 4.98 Å². The highest BCUT2D eigenvalue weighted by molar-refractivity contribution is 6.46. The third kappa shape index (κ3) is 3.43. The van der Waals surface area contributed by atoms with Gasteiger partial charge >= 0.3 is 0 Å². The predicted octanol–water partition coefficient (Wildman–Crippen LogP) is 4.85. The number of hydrogen-bond acceptors (Lipinski definition) is 4. The van der Waals surface area contributed by atoms with Crippen LogP contribution < -0.4 is 4.74 Å². The fourth-order valence-corrected chi connectivity index (χ4v) is 4.40. The highest BCUT2D eigenvalue weighted by Crippen LogP contribution is 2.44. The number of carbonyl (C=O) groups is 2. The molecule has 0 bridgehead atoms. The number of ketones is 1. The minimum atomic E-state index is -0.800. The summed E-state index contributed by atoms with van der Waals surface area (Å²) in [5.74, 6) is -2.30. The number of amides is 1. The molecule has 1 fully saturated rings. The first-order valence-corrected chi connectivity index (χ1v) is 10.6. The average Bonchev–Trinajstić information content (AvgIpc) is 3.24. The Morgan fingerprint density at radius 1 is 1.22 bits per heavy atom. The number of halogens is 1. The maximum atomic E-state index is 14.0. The fourth-order valence-electron chi connectivity index (χ4n) is 4.40. The van der Waals surface area contributed by atoms with Crippen molar-refractivity contribution >= 4 is 28.4 Å². The Morgan fingerprint density at radius 2 is 1.97 bits per heavy atom. The molecule has 0 radical (unpaired) electrons. The van der Waals surface area contributed by atoms with Gasteiger partial charge in [0.25, 0.3) is 11.7 Å². The minimum absolute atomic E-state index is 0.0310. The van der Waals surface area contributed by atoms with Crippen molar-refractivity contribution in [1.82, 2.24) is 9.88 Å². The van der Waals surface area contributed by atoms with E-state index in [4.69, 9.17) is 4.74 Å². The largest absolute Gasteiger partial charge is 0.507 e. The lowest BCUT2D eigenvalue weighted by Gasteiger charge is -2.25. The van der Waals surface area contributed by atoms with E-state index < -0.39 is 29.3 Å². The van der Waals surface area contributed by atoms with Crippen LogP contribution in [-0.2, 0) is 9.59 Å². The molecule has 1 amide bonds. The number of fused-ring (bicyclic) bond motifs is 1. The Balaban J connectivity index is 2.01. The number of aryl methyl sites for hydroxylation is 1. The Kier molecular flexibility index (Phi) is 5.74. The molecule has 1 aliphatic heterocycles. The topological polar surface area (TPSA) is 82.6 Å². The number of aliphatic hydroxyl groups excluding tert-OH is 1. The number of rotatable bonds is 6. The molecular weight excluding hydrogens is 411 g/mol. The summed E-state index contributed by atoms with van der Waals surface area (Å²) >= 11 is 0. The van der Waals surface area contributed by atoms with Crippen molar-refractivity contribution in [2.24, 2.45) is 0 Å². The number of H-pyrrole nitrogens is 1. The van der Waals surface area contributed by atoms with Gasteiger partial charge in [0.05, 0.1) is 24.3 Å². The zero-order chi connectivity index (χ0) is 23.0. The number of benzene rings is 2. The molecule has 0 spiro atoms. The van der Waals surface area contributed by atoms with Crippen molar-refractivity contribution in [2.75, 3.05) is 13.7 Å². The second kappa shape index (κ2) is 8.49. The molecule has 2 heterocycles. The molecule has 2 aromatic carbocycles. The number of para-hydroxylation sites is 1. The van der Waals surface area contributed by atoms with Gasteiger partial charge in [0.2, 0.25) is 0 Å². The number of hydrogen-bond donors (Lipinski definition) is 2. The summed E-state index contributed by atoms with van der Waals surface area (Å²) in [6.07, 6.45) is 1.54. The molecule has 32 heavy (non-hydrogen) atoms. The van der Waals surface area contributed by atoms with Crippen molar-refractivity contribution in [1.29, 1.82) is 0 Å². The second-order valence-corrected chi connectivity index (χ2v) is 7.90. The van der Waals surface area contributed by atoms with Crippen LogP contribution in [0.2, 0.25) is 0 Å². The zero-order valence-electron chi connectivity index (χ0n) is 18.2. The molecule has 2 N–H and O–H groups in total. The van der Waals surface area contributed by atoms with Gasteiger partial charge in [-0.1, -0.05) is 31.5 Å². The van der Waals surface area contributed by atoms with Crippen molar-refractivity contribution < 1.29 is 23.8 Å². The summed E-state index contributed by atoms with van der Waals surface area (Å²) in [4.78, 5) is 31.0. The number of Topliss-reactive ketones (excluding diaryl/α,β-unsaturated/α-hetero) is 1. The van der Waals surface area contributed by atoms with Crippen LogP contribution in [0.5, 0.6) is 5.75 Å². The van der Waals surface area contributed by atoms with Crippen LogP contribution in [0, 0.1) is 12.7 Å². The van der Waals surface area contributed by atoms with E-state index in [1.807, 2.05) is 38.1 Å². The highest BCUT2D eigenvalue weighted by Gasteiger charge is 2.47. The molecule has 1 aromatic heterocycles. The highest BCUT2D eigenvalue weighted by atomic mass is 19.1. The Labute approximate surface area is 185 Å². The lowest BCUT2D eigenvalue weighted by atomic mass is 9.93. The monoisotopic (exact) mass is 436 g/mol. The Hall–Kier alpha value is -3.61. The fraction of sp³-hybridized carbons (Fsp3) is 0.280. The van der Waals surface area contributed by atoms with Gasteiger partial charge in [-0.2, -0.15) is 0 Å². The summed E-state index contributed by atoms with van der Waals surface area (Å²) in [5.41, 5.74) is 2.36. The second-order valence-electron chi connectivity index (χ2n) is 7.90. The summed E-state index contributed by atoms with van der Waals surface area (Å²) in [7, 11) is 1.39. The van der Waals surface area contributed by atoms with Crippen LogP contribution >= 0.6 is 0 Å². The number of unbranched alkanes of at least 4 members (excludes halogenated alkanes) is 1. The van der Waals surface area contributed by atoms with E-state index in [0.29, 0.717) is 13.0 Å². The first-order valence-electron chi connectivity index (χ1n) is 10.6. The van der Waals surface area contributed by atoms with Crippen molar-refractivity contribution in [3.63, 3.8) is 0 Å². The first kappa shape index (κ1) is 21.6. The molecule has 6 nitrogen and oxygen atoms in total. The smallest absolute Gasteiger partial charge is 0.295 e. The number of likely N-dealkylation sites (tertiary alicyclic amines) is 1. The number of methoxy groups -OCH3 is 1. The van der Waals surface area contributed by atoms with Crippen LogP contribution in [0.3, 0.4) is 0 Å². The quantitative estimate of drug-likeness (QED) is 0.329. The number of aliphatic hydroxyl groups is 1. The molecule has 166 valence electrons. The van der Waals surface area contributed by atoms with Gasteiger partial charge in [-0.15, -0.1) is 0 Å². The third-order valence-corrected chi connectivity index (χ3v) is 5.93. The molecule has 1 unspecified atom stereocenters. The van der Waals surface area contributed by atoms with Crippen LogP contribution in [0.25, 0.3) is 16.7 Å². The van der Waals surface area contributed by atoms with Gasteiger partial charge < -0.3 is 19.7 Å². The molecule has 4 rings (SSSR count). The molecule has 1 saturated heterocycles. The van der Waals surface area contributed by atoms with E-state index in [9.17, 15) is 19.1 Å². The lowest BCUT2D eigenvalue weighted by molar-refractivity contribution is -0.139. The number of nitrogens with one attached hydrogen (secondary N) is 1. The van der Waals surface area contributed by atoms with Gasteiger partial charge in [-0.25, -0.2) is 4.39 Å². The van der Waals surface area contributed by atoms with E-state index in [-0.39, 0.29) is 16.9 Å². The van der Waals surface area contributed by atoms with Crippen molar-refractivity contribution in [3.8, 4) is 5.75 Å². The SMILES string of the molecule is CCCCN1C(=O)C(=O)/C(=C(/O)c2cc(F)ccc2OC)C1c1c(C)[nH]c2ccccc12. The molecule has 0 aliphatic carbocycles. The van der Waals surface area contributed by atoms with Gasteiger partial charge in [-0.05, 0) is 37.6 Å². The summed E-state index contributed by atoms with van der Waals surface area (Å²) < 4.78 is 19.3. The van der Waals surface area contributed by atoms with Crippen LogP contribution in [0.15, 0.2) is 48.0 Å². The van der Waals surface area contributed by atoms with Gasteiger partial charge in [0, 0.05) is 28.7 Å². The van der Waals surface area contributed by atoms with Crippen LogP contribution in [0.4, 0.5) is 4.39 Å². The van der Waals surface area contributed by atoms with Gasteiger partial charge in [-0.3, -0.25) is 9.59 Å². The summed E-state index contributed by atoms with van der Waals surface area (Å²) in [6, 6.07) is 10.5. The molecule has 1 aliphatic rings. The zero-order valence-corrected chi connectivity index (χ0v) is 18.2. The maximum absolute atomic E-state index is 14.0. The molecule has 0 saturated carbocycles. The third-order valence-electron chi connectivity index (χ3n) is 5.93. The number of aromatic amines is 1. The lowest BCUT2D eigenvalue weighted by Crippen LogP contribution is -2.30. The molecular formula is C25H25FN2O4. The number of carbonyl (C=O) groups excluding carboxylic acids is 2. The van der Waals surface area contributed by atoms with Crippen LogP contribution in [-0.4, -0.2) is 40.3 Å². The summed E-state index contributed by atoms with van der Waals surface area (Å²) in [5, 5.41) is 12.1. The van der Waals surface area contributed by atoms with Crippen molar-refractivity contribution in [2.45, 2.75) is 32.7 Å². The standard InChI is InChI=1S/C25H25FN2O4/c1-4-5-12-28-22(20-14(2)27-18-9-7-6-8-16(18)20)21(24(30)25(28)31)23(29)17-13-15(26)10-11-19(17)32-3/h6-11,13,22,27,29H,4-5,12H2,1-3H3/b23-21+.